The van der Waals surface area contributed by atoms with Gasteiger partial charge in [-0.05, 0) is 19.1 Å². The second-order valence-electron chi connectivity index (χ2n) is 6.87. The van der Waals surface area contributed by atoms with Gasteiger partial charge in [-0.1, -0.05) is 19.1 Å². The van der Waals surface area contributed by atoms with Crippen molar-refractivity contribution in [3.8, 4) is 5.75 Å². The maximum absolute atomic E-state index is 12.9. The van der Waals surface area contributed by atoms with E-state index in [2.05, 4.69) is 0 Å². The zero-order valence-corrected chi connectivity index (χ0v) is 16.0. The van der Waals surface area contributed by atoms with Crippen LogP contribution in [-0.2, 0) is 14.4 Å². The summed E-state index contributed by atoms with van der Waals surface area (Å²) in [6, 6.07) is 7.43. The number of anilines is 1. The molecular formula is C20H27N3O4. The van der Waals surface area contributed by atoms with Gasteiger partial charge in [0.1, 0.15) is 5.75 Å². The lowest BCUT2D eigenvalue weighted by atomic mass is 10.1. The molecule has 0 bridgehead atoms. The fraction of sp³-hybridized carbons (Fsp3) is 0.550. The van der Waals surface area contributed by atoms with E-state index in [1.807, 2.05) is 38.1 Å². The topological polar surface area (TPSA) is 70.2 Å². The third kappa shape index (κ3) is 4.07. The summed E-state index contributed by atoms with van der Waals surface area (Å²) in [6.07, 6.45) is 0.701. The van der Waals surface area contributed by atoms with Crippen molar-refractivity contribution in [3.05, 3.63) is 24.3 Å². The van der Waals surface area contributed by atoms with Crippen LogP contribution in [0.15, 0.2) is 24.3 Å². The number of carbonyl (C=O) groups is 3. The summed E-state index contributed by atoms with van der Waals surface area (Å²) in [7, 11) is 0. The van der Waals surface area contributed by atoms with E-state index in [4.69, 9.17) is 4.74 Å². The molecule has 1 unspecified atom stereocenters. The smallest absolute Gasteiger partial charge is 0.228 e. The van der Waals surface area contributed by atoms with Gasteiger partial charge in [0.15, 0.2) is 0 Å². The minimum Gasteiger partial charge on any atom is -0.492 e. The number of benzene rings is 1. The number of ether oxygens (including phenoxy) is 1. The normalized spacial score (nSPS) is 20.1. The highest BCUT2D eigenvalue weighted by atomic mass is 16.5. The van der Waals surface area contributed by atoms with Crippen LogP contribution in [0, 0.1) is 5.92 Å². The fourth-order valence-electron chi connectivity index (χ4n) is 3.72. The molecule has 7 nitrogen and oxygen atoms in total. The largest absolute Gasteiger partial charge is 0.492 e. The fourth-order valence-corrected chi connectivity index (χ4v) is 3.72. The van der Waals surface area contributed by atoms with Crippen LogP contribution in [0.2, 0.25) is 0 Å². The Morgan fingerprint density at radius 2 is 1.74 bits per heavy atom. The SMILES string of the molecule is CCOc1ccccc1N1CC(C(=O)N2CCN(C(=O)CC)CC2)CC1=O. The van der Waals surface area contributed by atoms with Crippen molar-refractivity contribution in [1.29, 1.82) is 0 Å². The molecule has 2 fully saturated rings. The van der Waals surface area contributed by atoms with E-state index in [0.29, 0.717) is 51.5 Å². The van der Waals surface area contributed by atoms with Crippen LogP contribution in [0.5, 0.6) is 5.75 Å². The Hall–Kier alpha value is -2.57. The summed E-state index contributed by atoms with van der Waals surface area (Å²) in [4.78, 5) is 42.5. The molecule has 3 rings (SSSR count). The van der Waals surface area contributed by atoms with E-state index in [1.165, 1.54) is 0 Å². The second kappa shape index (κ2) is 8.41. The van der Waals surface area contributed by atoms with Gasteiger partial charge in [-0.25, -0.2) is 0 Å². The number of para-hydroxylation sites is 2. The van der Waals surface area contributed by atoms with Crippen LogP contribution in [0.25, 0.3) is 0 Å². The first-order valence-electron chi connectivity index (χ1n) is 9.63. The van der Waals surface area contributed by atoms with Gasteiger partial charge in [0.25, 0.3) is 0 Å². The average molecular weight is 373 g/mol. The van der Waals surface area contributed by atoms with Crippen molar-refractivity contribution >= 4 is 23.4 Å². The maximum Gasteiger partial charge on any atom is 0.228 e. The Morgan fingerprint density at radius 1 is 1.07 bits per heavy atom. The quantitative estimate of drug-likeness (QED) is 0.785. The van der Waals surface area contributed by atoms with Gasteiger partial charge in [-0.3, -0.25) is 14.4 Å². The van der Waals surface area contributed by atoms with Crippen molar-refractivity contribution in [2.45, 2.75) is 26.7 Å². The van der Waals surface area contributed by atoms with Gasteiger partial charge in [-0.15, -0.1) is 0 Å². The van der Waals surface area contributed by atoms with Crippen LogP contribution >= 0.6 is 0 Å². The van der Waals surface area contributed by atoms with Crippen LogP contribution in [0.4, 0.5) is 5.69 Å². The zero-order chi connectivity index (χ0) is 19.4. The van der Waals surface area contributed by atoms with E-state index in [9.17, 15) is 14.4 Å². The number of carbonyl (C=O) groups excluding carboxylic acids is 3. The minimum atomic E-state index is -0.347. The number of piperazine rings is 1. The lowest BCUT2D eigenvalue weighted by Crippen LogP contribution is -2.52. The average Bonchev–Trinajstić information content (AvgIpc) is 3.09. The Bertz CT molecular complexity index is 713. The molecule has 0 spiro atoms. The third-order valence-corrected chi connectivity index (χ3v) is 5.18. The molecule has 3 amide bonds. The number of hydrogen-bond donors (Lipinski definition) is 0. The van der Waals surface area contributed by atoms with E-state index < -0.39 is 0 Å². The minimum absolute atomic E-state index is 0.00309. The van der Waals surface area contributed by atoms with Gasteiger partial charge in [-0.2, -0.15) is 0 Å². The standard InChI is InChI=1S/C20H27N3O4/c1-3-18(24)21-9-11-22(12-10-21)20(26)15-13-19(25)23(14-15)16-7-5-6-8-17(16)27-4-2/h5-8,15H,3-4,9-14H2,1-2H3. The van der Waals surface area contributed by atoms with Crippen molar-refractivity contribution in [1.82, 2.24) is 9.80 Å². The Labute approximate surface area is 159 Å². The van der Waals surface area contributed by atoms with E-state index in [1.54, 1.807) is 14.7 Å². The molecule has 2 heterocycles. The first-order valence-corrected chi connectivity index (χ1v) is 9.63. The van der Waals surface area contributed by atoms with Gasteiger partial charge < -0.3 is 19.4 Å². The van der Waals surface area contributed by atoms with Gasteiger partial charge in [0.2, 0.25) is 17.7 Å². The predicted octanol–water partition coefficient (Wildman–Crippen LogP) is 1.52. The molecule has 146 valence electrons. The molecule has 2 aliphatic heterocycles. The van der Waals surface area contributed by atoms with Crippen molar-refractivity contribution in [2.75, 3.05) is 44.2 Å². The van der Waals surface area contributed by atoms with Crippen molar-refractivity contribution < 1.29 is 19.1 Å². The monoisotopic (exact) mass is 373 g/mol. The van der Waals surface area contributed by atoms with Crippen molar-refractivity contribution in [2.24, 2.45) is 5.92 Å². The number of nitrogens with zero attached hydrogens (tertiary/aromatic N) is 3. The molecule has 2 saturated heterocycles. The molecule has 27 heavy (non-hydrogen) atoms. The number of rotatable bonds is 5. The predicted molar refractivity (Wildman–Crippen MR) is 102 cm³/mol. The molecule has 7 heteroatoms. The molecule has 1 atom stereocenters. The molecule has 1 aromatic rings. The molecule has 0 aromatic heterocycles. The second-order valence-corrected chi connectivity index (χ2v) is 6.87. The highest BCUT2D eigenvalue weighted by molar-refractivity contribution is 6.01. The Kier molecular flexibility index (Phi) is 5.98. The maximum atomic E-state index is 12.9. The number of hydrogen-bond acceptors (Lipinski definition) is 4. The first-order chi connectivity index (χ1) is 13.0. The molecule has 1 aromatic carbocycles. The van der Waals surface area contributed by atoms with Crippen LogP contribution in [-0.4, -0.2) is 66.9 Å². The summed E-state index contributed by atoms with van der Waals surface area (Å²) in [5.74, 6) is 0.384. The molecule has 2 aliphatic rings. The summed E-state index contributed by atoms with van der Waals surface area (Å²) in [5, 5.41) is 0. The lowest BCUT2D eigenvalue weighted by Gasteiger charge is -2.35. The zero-order valence-electron chi connectivity index (χ0n) is 16.0. The van der Waals surface area contributed by atoms with Gasteiger partial charge in [0.05, 0.1) is 18.2 Å². The van der Waals surface area contributed by atoms with E-state index >= 15 is 0 Å². The molecule has 0 N–H and O–H groups in total. The molecule has 0 aliphatic carbocycles. The Balaban J connectivity index is 1.64. The number of amides is 3. The molecule has 0 radical (unpaired) electrons. The highest BCUT2D eigenvalue weighted by Gasteiger charge is 2.38. The van der Waals surface area contributed by atoms with Gasteiger partial charge in [0, 0.05) is 45.6 Å². The molecule has 0 saturated carbocycles. The van der Waals surface area contributed by atoms with E-state index in [0.717, 1.165) is 5.69 Å². The van der Waals surface area contributed by atoms with E-state index in [-0.39, 0.29) is 30.1 Å². The summed E-state index contributed by atoms with van der Waals surface area (Å²) >= 11 is 0. The Morgan fingerprint density at radius 3 is 2.41 bits per heavy atom. The first kappa shape index (κ1) is 19.2. The highest BCUT2D eigenvalue weighted by Crippen LogP contribution is 2.33. The third-order valence-electron chi connectivity index (χ3n) is 5.18. The van der Waals surface area contributed by atoms with Crippen LogP contribution in [0.3, 0.4) is 0 Å². The molecular weight excluding hydrogens is 346 g/mol. The lowest BCUT2D eigenvalue weighted by molar-refractivity contribution is -0.141. The van der Waals surface area contributed by atoms with Crippen molar-refractivity contribution in [3.63, 3.8) is 0 Å². The van der Waals surface area contributed by atoms with Gasteiger partial charge >= 0.3 is 0 Å². The summed E-state index contributed by atoms with van der Waals surface area (Å²) < 4.78 is 5.63. The van der Waals surface area contributed by atoms with Crippen LogP contribution < -0.4 is 9.64 Å². The summed E-state index contributed by atoms with van der Waals surface area (Å²) in [6.45, 7) is 6.83. The van der Waals surface area contributed by atoms with Crippen LogP contribution in [0.1, 0.15) is 26.7 Å². The summed E-state index contributed by atoms with van der Waals surface area (Å²) in [5.41, 5.74) is 0.720.